The highest BCUT2D eigenvalue weighted by Gasteiger charge is 2.39. The average Bonchev–Trinajstić information content (AvgIpc) is 3.11. The van der Waals surface area contributed by atoms with Crippen LogP contribution in [0.4, 0.5) is 26.3 Å². The van der Waals surface area contributed by atoms with Crippen molar-refractivity contribution in [2.45, 2.75) is 37.6 Å². The summed E-state index contributed by atoms with van der Waals surface area (Å²) in [6, 6.07) is 8.68. The molecule has 2 aromatic carbocycles. The quantitative estimate of drug-likeness (QED) is 0.372. The van der Waals surface area contributed by atoms with Crippen LogP contribution in [0, 0.1) is 0 Å². The number of hydrogen-bond donors (Lipinski definition) is 3. The van der Waals surface area contributed by atoms with Crippen LogP contribution in [-0.4, -0.2) is 44.2 Å². The van der Waals surface area contributed by atoms with E-state index in [2.05, 4.69) is 10.4 Å². The molecule has 3 rings (SSSR count). The molecule has 8 nitrogen and oxygen atoms in total. The van der Waals surface area contributed by atoms with Gasteiger partial charge in [0.05, 0.1) is 18.2 Å². The second kappa shape index (κ2) is 10.9. The third-order valence-corrected chi connectivity index (χ3v) is 5.52. The average molecular weight is 552 g/mol. The zero-order chi connectivity index (χ0) is 27.5. The van der Waals surface area contributed by atoms with Crippen LogP contribution in [0.1, 0.15) is 17.2 Å². The molecule has 2 atom stereocenters. The number of nitrogens with one attached hydrogen (secondary N) is 1. The number of aliphatic hydroxyl groups excluding tert-OH is 1. The molecule has 15 heteroatoms. The van der Waals surface area contributed by atoms with E-state index < -0.39 is 61.3 Å². The lowest BCUT2D eigenvalue weighted by atomic mass is 10.00. The maximum atomic E-state index is 13.4. The first-order chi connectivity index (χ1) is 17.2. The first-order valence-corrected chi connectivity index (χ1v) is 10.9. The van der Waals surface area contributed by atoms with Gasteiger partial charge in [-0.05, 0) is 35.9 Å². The zero-order valence-electron chi connectivity index (χ0n) is 18.7. The summed E-state index contributed by atoms with van der Waals surface area (Å²) in [6.07, 6.45) is -12.7. The number of carbonyl (C=O) groups is 1. The lowest BCUT2D eigenvalue weighted by Crippen LogP contribution is -2.40. The van der Waals surface area contributed by atoms with E-state index in [-0.39, 0.29) is 17.0 Å². The van der Waals surface area contributed by atoms with Gasteiger partial charge >= 0.3 is 18.0 Å². The van der Waals surface area contributed by atoms with Crippen LogP contribution in [0.2, 0.25) is 5.02 Å². The largest absolute Gasteiger partial charge is 0.416 e. The van der Waals surface area contributed by atoms with Crippen molar-refractivity contribution >= 4 is 17.5 Å². The molecule has 0 radical (unpaired) electrons. The fourth-order valence-corrected chi connectivity index (χ4v) is 3.62. The maximum absolute atomic E-state index is 13.4. The van der Waals surface area contributed by atoms with Gasteiger partial charge in [-0.3, -0.25) is 9.36 Å². The van der Waals surface area contributed by atoms with Gasteiger partial charge in [-0.1, -0.05) is 29.8 Å². The first-order valence-electron chi connectivity index (χ1n) is 10.6. The van der Waals surface area contributed by atoms with E-state index in [9.17, 15) is 41.0 Å². The van der Waals surface area contributed by atoms with Gasteiger partial charge in [-0.15, -0.1) is 5.10 Å². The summed E-state index contributed by atoms with van der Waals surface area (Å²) in [5.41, 5.74) is 3.26. The highest BCUT2D eigenvalue weighted by Crippen LogP contribution is 2.34. The molecular formula is C22H20ClF6N5O3. The Morgan fingerprint density at radius 1 is 1.08 bits per heavy atom. The van der Waals surface area contributed by atoms with Crippen LogP contribution in [0.5, 0.6) is 0 Å². The van der Waals surface area contributed by atoms with Crippen molar-refractivity contribution in [1.82, 2.24) is 19.7 Å². The minimum absolute atomic E-state index is 0.161. The maximum Gasteiger partial charge on any atom is 0.416 e. The SMILES string of the molecule is NCC(NC(=O)Cn1nc(-c2ccc(Cl)cc2)n(C[C@H](O)C(F)(F)F)c1=O)c1ccccc1C(F)(F)F. The fraction of sp³-hybridized carbons (Fsp3) is 0.318. The first kappa shape index (κ1) is 28.2. The van der Waals surface area contributed by atoms with E-state index in [1.54, 1.807) is 0 Å². The highest BCUT2D eigenvalue weighted by atomic mass is 35.5. The van der Waals surface area contributed by atoms with E-state index in [0.29, 0.717) is 14.3 Å². The van der Waals surface area contributed by atoms with Gasteiger partial charge in [0, 0.05) is 17.1 Å². The smallest absolute Gasteiger partial charge is 0.382 e. The number of amides is 1. The Bertz CT molecular complexity index is 1300. The van der Waals surface area contributed by atoms with Crippen LogP contribution in [0.15, 0.2) is 53.3 Å². The number of nitrogens with zero attached hydrogens (tertiary/aromatic N) is 3. The van der Waals surface area contributed by atoms with Crippen LogP contribution >= 0.6 is 11.6 Å². The Kier molecular flexibility index (Phi) is 8.35. The summed E-state index contributed by atoms with van der Waals surface area (Å²) in [5, 5.41) is 16.0. The number of aliphatic hydroxyl groups is 1. The summed E-state index contributed by atoms with van der Waals surface area (Å²) in [6.45, 7) is -2.48. The Hall–Kier alpha value is -3.36. The van der Waals surface area contributed by atoms with E-state index >= 15 is 0 Å². The minimum Gasteiger partial charge on any atom is -0.382 e. The number of aromatic nitrogens is 3. The van der Waals surface area contributed by atoms with Crippen molar-refractivity contribution in [1.29, 1.82) is 0 Å². The summed E-state index contributed by atoms with van der Waals surface area (Å²) in [5.74, 6) is -1.27. The molecule has 0 saturated heterocycles. The van der Waals surface area contributed by atoms with Crippen LogP contribution < -0.4 is 16.7 Å². The van der Waals surface area contributed by atoms with Crippen LogP contribution in [0.3, 0.4) is 0 Å². The van der Waals surface area contributed by atoms with Gasteiger partial charge in [0.1, 0.15) is 6.54 Å². The molecule has 1 unspecified atom stereocenters. The predicted octanol–water partition coefficient (Wildman–Crippen LogP) is 3.12. The van der Waals surface area contributed by atoms with E-state index in [0.717, 1.165) is 12.1 Å². The molecule has 37 heavy (non-hydrogen) atoms. The summed E-state index contributed by atoms with van der Waals surface area (Å²) in [4.78, 5) is 25.5. The molecule has 0 aliphatic carbocycles. The lowest BCUT2D eigenvalue weighted by Gasteiger charge is -2.21. The molecule has 0 spiro atoms. The summed E-state index contributed by atoms with van der Waals surface area (Å²) in [7, 11) is 0. The monoisotopic (exact) mass is 551 g/mol. The van der Waals surface area contributed by atoms with Gasteiger partial charge in [-0.25, -0.2) is 9.48 Å². The zero-order valence-corrected chi connectivity index (χ0v) is 19.5. The molecule has 0 aliphatic heterocycles. The standard InChI is InChI=1S/C22H20ClF6N5O3/c23-13-7-5-12(6-8-13)19-32-34(20(37)33(19)10-17(35)22(27,28)29)11-18(36)31-16(9-30)14-3-1-2-4-15(14)21(24,25)26/h1-8,16-17,35H,9-11,30H2,(H,31,36)/t16?,17-/m0/s1. The molecule has 1 amide bonds. The second-order valence-corrected chi connectivity index (χ2v) is 8.32. The third kappa shape index (κ3) is 6.70. The topological polar surface area (TPSA) is 115 Å². The second-order valence-electron chi connectivity index (χ2n) is 7.88. The van der Waals surface area contributed by atoms with Crippen LogP contribution in [0.25, 0.3) is 11.4 Å². The van der Waals surface area contributed by atoms with Gasteiger partial charge < -0.3 is 16.2 Å². The molecule has 4 N–H and O–H groups in total. The Labute approximate surface area is 210 Å². The van der Waals surface area contributed by atoms with Crippen molar-refractivity contribution in [3.63, 3.8) is 0 Å². The Morgan fingerprint density at radius 3 is 2.27 bits per heavy atom. The molecule has 3 aromatic rings. The van der Waals surface area contributed by atoms with Gasteiger partial charge in [-0.2, -0.15) is 26.3 Å². The van der Waals surface area contributed by atoms with Crippen molar-refractivity contribution in [3.8, 4) is 11.4 Å². The Balaban J connectivity index is 1.93. The van der Waals surface area contributed by atoms with Crippen molar-refractivity contribution in [3.05, 3.63) is 75.2 Å². The van der Waals surface area contributed by atoms with E-state index in [4.69, 9.17) is 17.3 Å². The number of hydrogen-bond acceptors (Lipinski definition) is 5. The number of alkyl halides is 6. The highest BCUT2D eigenvalue weighted by molar-refractivity contribution is 6.30. The minimum atomic E-state index is -5.05. The van der Waals surface area contributed by atoms with E-state index in [1.165, 1.54) is 36.4 Å². The van der Waals surface area contributed by atoms with Crippen molar-refractivity contribution < 1.29 is 36.2 Å². The summed E-state index contributed by atoms with van der Waals surface area (Å²) >= 11 is 5.82. The van der Waals surface area contributed by atoms with Gasteiger partial charge in [0.25, 0.3) is 0 Å². The Morgan fingerprint density at radius 2 is 1.70 bits per heavy atom. The molecule has 1 aromatic heterocycles. The summed E-state index contributed by atoms with van der Waals surface area (Å²) < 4.78 is 80.1. The van der Waals surface area contributed by atoms with Crippen molar-refractivity contribution in [2.24, 2.45) is 5.73 Å². The molecular weight excluding hydrogens is 532 g/mol. The van der Waals surface area contributed by atoms with E-state index in [1.807, 2.05) is 0 Å². The predicted molar refractivity (Wildman–Crippen MR) is 120 cm³/mol. The molecule has 0 saturated carbocycles. The fourth-order valence-electron chi connectivity index (χ4n) is 3.50. The van der Waals surface area contributed by atoms with Crippen LogP contribution in [-0.2, 0) is 24.1 Å². The molecule has 0 bridgehead atoms. The number of carbonyl (C=O) groups excluding carboxylic acids is 1. The molecule has 1 heterocycles. The third-order valence-electron chi connectivity index (χ3n) is 5.26. The molecule has 200 valence electrons. The number of halogens is 7. The lowest BCUT2D eigenvalue weighted by molar-refractivity contribution is -0.207. The molecule has 0 fully saturated rings. The van der Waals surface area contributed by atoms with Gasteiger partial charge in [0.2, 0.25) is 5.91 Å². The number of benzene rings is 2. The molecule has 0 aliphatic rings. The number of nitrogens with two attached hydrogens (primary N) is 1. The van der Waals surface area contributed by atoms with Gasteiger partial charge in [0.15, 0.2) is 11.9 Å². The van der Waals surface area contributed by atoms with Crippen molar-refractivity contribution in [2.75, 3.05) is 6.54 Å². The number of rotatable bonds is 8. The normalized spacial score (nSPS) is 13.9.